The van der Waals surface area contributed by atoms with E-state index >= 15 is 0 Å². The molecule has 0 atom stereocenters. The Bertz CT molecular complexity index is 782. The third kappa shape index (κ3) is 2.75. The van der Waals surface area contributed by atoms with Gasteiger partial charge in [-0.25, -0.2) is 0 Å². The maximum atomic E-state index is 12.7. The summed E-state index contributed by atoms with van der Waals surface area (Å²) in [7, 11) is 0. The Hall–Kier alpha value is -2.36. The molecule has 0 aliphatic carbocycles. The van der Waals surface area contributed by atoms with Crippen molar-refractivity contribution in [3.05, 3.63) is 35.1 Å². The molecule has 0 amide bonds. The smallest absolute Gasteiger partial charge is 0.453 e. The number of benzene rings is 1. The number of halogens is 3. The van der Waals surface area contributed by atoms with Gasteiger partial charge >= 0.3 is 6.18 Å². The van der Waals surface area contributed by atoms with E-state index in [9.17, 15) is 13.2 Å². The minimum atomic E-state index is -4.60. The Morgan fingerprint density at radius 3 is 2.81 bits per heavy atom. The minimum absolute atomic E-state index is 0.0226. The van der Waals surface area contributed by atoms with E-state index < -0.39 is 12.0 Å². The highest BCUT2D eigenvalue weighted by atomic mass is 32.1. The number of hydrogen-bond acceptors (Lipinski definition) is 6. The number of anilines is 1. The Labute approximate surface area is 120 Å². The molecule has 0 unspecified atom stereocenters. The van der Waals surface area contributed by atoms with Crippen LogP contribution in [-0.2, 0) is 12.8 Å². The second kappa shape index (κ2) is 4.88. The van der Waals surface area contributed by atoms with Crippen molar-refractivity contribution in [2.45, 2.75) is 12.8 Å². The Morgan fingerprint density at radius 2 is 2.10 bits per heavy atom. The number of aromatic nitrogens is 4. The normalized spacial score (nSPS) is 12.0. The molecular formula is C11H8F3N5OS. The van der Waals surface area contributed by atoms with E-state index in [4.69, 9.17) is 10.5 Å². The fourth-order valence-electron chi connectivity index (χ4n) is 1.64. The SMILES string of the molecule is Nc1cccc(OCc2nn3c(C(F)(F)F)nnc3s2)c1. The zero-order chi connectivity index (χ0) is 15.0. The van der Waals surface area contributed by atoms with Crippen molar-refractivity contribution < 1.29 is 17.9 Å². The van der Waals surface area contributed by atoms with Gasteiger partial charge < -0.3 is 10.5 Å². The molecule has 0 bridgehead atoms. The number of fused-ring (bicyclic) bond motifs is 1. The van der Waals surface area contributed by atoms with Crippen LogP contribution in [-0.4, -0.2) is 19.8 Å². The number of hydrogen-bond donors (Lipinski definition) is 1. The average Bonchev–Trinajstić information content (AvgIpc) is 2.94. The van der Waals surface area contributed by atoms with Gasteiger partial charge in [0.25, 0.3) is 5.82 Å². The van der Waals surface area contributed by atoms with Crippen LogP contribution in [0.3, 0.4) is 0 Å². The van der Waals surface area contributed by atoms with Crippen LogP contribution >= 0.6 is 11.3 Å². The van der Waals surface area contributed by atoms with E-state index in [0.29, 0.717) is 21.0 Å². The van der Waals surface area contributed by atoms with Crippen molar-refractivity contribution in [1.82, 2.24) is 19.8 Å². The lowest BCUT2D eigenvalue weighted by Gasteiger charge is -2.04. The van der Waals surface area contributed by atoms with Crippen LogP contribution in [0.5, 0.6) is 5.75 Å². The summed E-state index contributed by atoms with van der Waals surface area (Å²) >= 11 is 0.980. The van der Waals surface area contributed by atoms with Crippen molar-refractivity contribution >= 4 is 22.0 Å². The molecule has 21 heavy (non-hydrogen) atoms. The Kier molecular flexibility index (Phi) is 3.16. The molecule has 0 saturated carbocycles. The molecule has 0 saturated heterocycles. The zero-order valence-corrected chi connectivity index (χ0v) is 11.1. The minimum Gasteiger partial charge on any atom is -0.486 e. The van der Waals surface area contributed by atoms with Crippen molar-refractivity contribution in [2.75, 3.05) is 5.73 Å². The molecule has 0 aliphatic rings. The second-order valence-electron chi connectivity index (χ2n) is 4.07. The van der Waals surface area contributed by atoms with Gasteiger partial charge in [0.15, 0.2) is 5.01 Å². The highest BCUT2D eigenvalue weighted by Gasteiger charge is 2.38. The molecule has 0 aliphatic heterocycles. The maximum absolute atomic E-state index is 12.7. The first kappa shape index (κ1) is 13.6. The van der Waals surface area contributed by atoms with Gasteiger partial charge in [-0.1, -0.05) is 17.4 Å². The summed E-state index contributed by atoms with van der Waals surface area (Å²) in [5.41, 5.74) is 6.13. The van der Waals surface area contributed by atoms with Crippen LogP contribution in [0.1, 0.15) is 10.8 Å². The van der Waals surface area contributed by atoms with Crippen molar-refractivity contribution in [3.63, 3.8) is 0 Å². The highest BCUT2D eigenvalue weighted by Crippen LogP contribution is 2.29. The molecule has 2 N–H and O–H groups in total. The molecule has 0 fully saturated rings. The van der Waals surface area contributed by atoms with Crippen molar-refractivity contribution in [2.24, 2.45) is 0 Å². The summed E-state index contributed by atoms with van der Waals surface area (Å²) in [6, 6.07) is 6.72. The molecule has 0 spiro atoms. The summed E-state index contributed by atoms with van der Waals surface area (Å²) in [6.45, 7) is 0.0226. The first-order valence-electron chi connectivity index (χ1n) is 5.70. The third-order valence-corrected chi connectivity index (χ3v) is 3.38. The predicted octanol–water partition coefficient (Wildman–Crippen LogP) is 2.37. The van der Waals surface area contributed by atoms with Crippen LogP contribution in [0.25, 0.3) is 4.96 Å². The van der Waals surface area contributed by atoms with Gasteiger partial charge in [-0.3, -0.25) is 0 Å². The number of rotatable bonds is 3. The van der Waals surface area contributed by atoms with Gasteiger partial charge in [0.2, 0.25) is 4.96 Å². The van der Waals surface area contributed by atoms with E-state index in [1.807, 2.05) is 0 Å². The van der Waals surface area contributed by atoms with E-state index in [0.717, 1.165) is 11.3 Å². The van der Waals surface area contributed by atoms with Gasteiger partial charge in [-0.05, 0) is 12.1 Å². The summed E-state index contributed by atoms with van der Waals surface area (Å²) in [5, 5.41) is 10.7. The molecular weight excluding hydrogens is 307 g/mol. The van der Waals surface area contributed by atoms with Crippen LogP contribution < -0.4 is 10.5 Å². The number of ether oxygens (including phenoxy) is 1. The average molecular weight is 315 g/mol. The van der Waals surface area contributed by atoms with E-state index in [-0.39, 0.29) is 11.6 Å². The largest absolute Gasteiger partial charge is 0.486 e. The zero-order valence-electron chi connectivity index (χ0n) is 10.3. The number of nitrogens with two attached hydrogens (primary N) is 1. The molecule has 6 nitrogen and oxygen atoms in total. The first-order chi connectivity index (χ1) is 9.93. The molecule has 10 heteroatoms. The van der Waals surface area contributed by atoms with Gasteiger partial charge in [-0.2, -0.15) is 22.8 Å². The van der Waals surface area contributed by atoms with Crippen LogP contribution in [0.2, 0.25) is 0 Å². The lowest BCUT2D eigenvalue weighted by molar-refractivity contribution is -0.146. The second-order valence-corrected chi connectivity index (χ2v) is 5.11. The van der Waals surface area contributed by atoms with E-state index in [1.165, 1.54) is 0 Å². The van der Waals surface area contributed by atoms with Crippen LogP contribution in [0, 0.1) is 0 Å². The maximum Gasteiger partial charge on any atom is 0.453 e. The lowest BCUT2D eigenvalue weighted by atomic mass is 10.3. The lowest BCUT2D eigenvalue weighted by Crippen LogP contribution is -2.11. The quantitative estimate of drug-likeness (QED) is 0.751. The predicted molar refractivity (Wildman–Crippen MR) is 68.8 cm³/mol. The molecule has 0 radical (unpaired) electrons. The van der Waals surface area contributed by atoms with Gasteiger partial charge in [0, 0.05) is 11.8 Å². The fraction of sp³-hybridized carbons (Fsp3) is 0.182. The molecule has 3 aromatic rings. The van der Waals surface area contributed by atoms with Crippen molar-refractivity contribution in [1.29, 1.82) is 0 Å². The van der Waals surface area contributed by atoms with E-state index in [2.05, 4.69) is 15.3 Å². The molecule has 3 rings (SSSR count). The Balaban J connectivity index is 1.81. The number of alkyl halides is 3. The van der Waals surface area contributed by atoms with Crippen LogP contribution in [0.4, 0.5) is 18.9 Å². The van der Waals surface area contributed by atoms with Crippen molar-refractivity contribution in [3.8, 4) is 5.75 Å². The first-order valence-corrected chi connectivity index (χ1v) is 6.52. The molecule has 2 aromatic heterocycles. The molecule has 2 heterocycles. The van der Waals surface area contributed by atoms with Gasteiger partial charge in [0.05, 0.1) is 0 Å². The van der Waals surface area contributed by atoms with E-state index in [1.54, 1.807) is 24.3 Å². The summed E-state index contributed by atoms with van der Waals surface area (Å²) in [4.78, 5) is 0.0634. The number of nitrogens with zero attached hydrogens (tertiary/aromatic N) is 4. The van der Waals surface area contributed by atoms with Gasteiger partial charge in [0.1, 0.15) is 12.4 Å². The molecule has 1 aromatic carbocycles. The number of nitrogen functional groups attached to an aromatic ring is 1. The summed E-state index contributed by atoms with van der Waals surface area (Å²) < 4.78 is 44.0. The topological polar surface area (TPSA) is 78.3 Å². The highest BCUT2D eigenvalue weighted by molar-refractivity contribution is 7.16. The van der Waals surface area contributed by atoms with Crippen LogP contribution in [0.15, 0.2) is 24.3 Å². The summed E-state index contributed by atoms with van der Waals surface area (Å²) in [6.07, 6.45) is -4.60. The Morgan fingerprint density at radius 1 is 1.29 bits per heavy atom. The fourth-order valence-corrected chi connectivity index (χ4v) is 2.39. The third-order valence-electron chi connectivity index (χ3n) is 2.51. The standard InChI is InChI=1S/C11H8F3N5OS/c12-11(13,14)9-16-17-10-19(9)18-8(21-10)5-20-7-3-1-2-6(15)4-7/h1-4H,5,15H2. The molecule has 110 valence electrons. The van der Waals surface area contributed by atoms with Gasteiger partial charge in [-0.15, -0.1) is 10.2 Å². The summed E-state index contributed by atoms with van der Waals surface area (Å²) in [5.74, 6) is -0.638. The monoisotopic (exact) mass is 315 g/mol.